The third kappa shape index (κ3) is 3.13. The summed E-state index contributed by atoms with van der Waals surface area (Å²) in [5.74, 6) is 0.787. The van der Waals surface area contributed by atoms with Gasteiger partial charge in [-0.2, -0.15) is 0 Å². The maximum atomic E-state index is 12.2. The third-order valence-corrected chi connectivity index (χ3v) is 4.20. The van der Waals surface area contributed by atoms with Crippen LogP contribution < -0.4 is 5.32 Å². The number of hydrogen-bond donors (Lipinski definition) is 2. The van der Waals surface area contributed by atoms with E-state index in [1.54, 1.807) is 0 Å². The Labute approximate surface area is 135 Å². The normalized spacial score (nSPS) is 12.5. The van der Waals surface area contributed by atoms with Gasteiger partial charge in [-0.05, 0) is 38.8 Å². The topological polar surface area (TPSA) is 70.9 Å². The van der Waals surface area contributed by atoms with Gasteiger partial charge in [-0.1, -0.05) is 23.4 Å². The Kier molecular flexibility index (Phi) is 4.19. The number of para-hydroxylation sites is 1. The Bertz CT molecular complexity index is 812. The van der Waals surface area contributed by atoms with Gasteiger partial charge in [0.25, 0.3) is 0 Å². The fourth-order valence-corrected chi connectivity index (χ4v) is 3.08. The maximum absolute atomic E-state index is 12.2. The second kappa shape index (κ2) is 6.28. The highest BCUT2D eigenvalue weighted by Gasteiger charge is 2.18. The minimum Gasteiger partial charge on any atom is -0.361 e. The molecule has 0 aliphatic carbocycles. The standard InChI is InChI=1S/C18H21N3O2/c1-11(18-12(2)21-23-13(18)3)20-17(22)9-8-14-10-19-16-7-5-4-6-15(14)16/h4-7,10-11,19H,8-9H2,1-3H3,(H,20,22). The molecule has 0 saturated heterocycles. The summed E-state index contributed by atoms with van der Waals surface area (Å²) in [7, 11) is 0. The van der Waals surface area contributed by atoms with E-state index in [-0.39, 0.29) is 11.9 Å². The van der Waals surface area contributed by atoms with Gasteiger partial charge in [0.2, 0.25) is 5.91 Å². The van der Waals surface area contributed by atoms with Crippen LogP contribution in [0.5, 0.6) is 0 Å². The first-order valence-corrected chi connectivity index (χ1v) is 7.83. The average Bonchev–Trinajstić information content (AvgIpc) is 3.08. The summed E-state index contributed by atoms with van der Waals surface area (Å²) in [6.07, 6.45) is 3.15. The van der Waals surface area contributed by atoms with Gasteiger partial charge in [-0.15, -0.1) is 0 Å². The van der Waals surface area contributed by atoms with Crippen molar-refractivity contribution >= 4 is 16.8 Å². The number of carbonyl (C=O) groups excluding carboxylic acids is 1. The van der Waals surface area contributed by atoms with Gasteiger partial charge in [0, 0.05) is 29.1 Å². The second-order valence-corrected chi connectivity index (χ2v) is 5.89. The lowest BCUT2D eigenvalue weighted by atomic mass is 10.1. The quantitative estimate of drug-likeness (QED) is 0.756. The summed E-state index contributed by atoms with van der Waals surface area (Å²) < 4.78 is 5.16. The molecule has 0 radical (unpaired) electrons. The minimum absolute atomic E-state index is 0.0304. The Morgan fingerprint density at radius 3 is 2.87 bits per heavy atom. The van der Waals surface area contributed by atoms with Gasteiger partial charge in [-0.3, -0.25) is 4.79 Å². The van der Waals surface area contributed by atoms with E-state index in [4.69, 9.17) is 4.52 Å². The van der Waals surface area contributed by atoms with Crippen molar-refractivity contribution in [3.8, 4) is 0 Å². The summed E-state index contributed by atoms with van der Waals surface area (Å²) >= 11 is 0. The number of nitrogens with zero attached hydrogens (tertiary/aromatic N) is 1. The van der Waals surface area contributed by atoms with Gasteiger partial charge in [0.15, 0.2) is 0 Å². The lowest BCUT2D eigenvalue weighted by Crippen LogP contribution is -2.27. The molecule has 1 atom stereocenters. The SMILES string of the molecule is Cc1noc(C)c1C(C)NC(=O)CCc1c[nH]c2ccccc12. The monoisotopic (exact) mass is 311 g/mol. The maximum Gasteiger partial charge on any atom is 0.220 e. The van der Waals surface area contributed by atoms with Gasteiger partial charge in [0.05, 0.1) is 11.7 Å². The highest BCUT2D eigenvalue weighted by molar-refractivity contribution is 5.84. The number of aromatic nitrogens is 2. The molecule has 2 N–H and O–H groups in total. The van der Waals surface area contributed by atoms with Gasteiger partial charge < -0.3 is 14.8 Å². The number of H-pyrrole nitrogens is 1. The summed E-state index contributed by atoms with van der Waals surface area (Å²) in [4.78, 5) is 15.5. The van der Waals surface area contributed by atoms with Crippen LogP contribution in [0.4, 0.5) is 0 Å². The number of fused-ring (bicyclic) bond motifs is 1. The molecule has 1 amide bonds. The zero-order valence-corrected chi connectivity index (χ0v) is 13.6. The Hall–Kier alpha value is -2.56. The van der Waals surface area contributed by atoms with Crippen LogP contribution in [-0.2, 0) is 11.2 Å². The van der Waals surface area contributed by atoms with E-state index in [2.05, 4.69) is 21.5 Å². The molecule has 3 aromatic rings. The molecule has 0 saturated carbocycles. The lowest BCUT2D eigenvalue weighted by Gasteiger charge is -2.13. The predicted octanol–water partition coefficient (Wildman–Crippen LogP) is 3.58. The zero-order valence-electron chi connectivity index (χ0n) is 13.6. The first-order chi connectivity index (χ1) is 11.1. The van der Waals surface area contributed by atoms with Crippen molar-refractivity contribution in [2.45, 2.75) is 39.7 Å². The first-order valence-electron chi connectivity index (χ1n) is 7.83. The fourth-order valence-electron chi connectivity index (χ4n) is 3.08. The van der Waals surface area contributed by atoms with Crippen LogP contribution in [0.3, 0.4) is 0 Å². The van der Waals surface area contributed by atoms with Crippen LogP contribution in [0.1, 0.15) is 42.0 Å². The van der Waals surface area contributed by atoms with Crippen LogP contribution >= 0.6 is 0 Å². The van der Waals surface area contributed by atoms with Crippen molar-refractivity contribution in [3.63, 3.8) is 0 Å². The molecule has 5 heteroatoms. The van der Waals surface area contributed by atoms with Crippen molar-refractivity contribution in [2.24, 2.45) is 0 Å². The average molecular weight is 311 g/mol. The van der Waals surface area contributed by atoms with Crippen LogP contribution in [0.15, 0.2) is 35.0 Å². The van der Waals surface area contributed by atoms with Crippen LogP contribution in [0.25, 0.3) is 10.9 Å². The Morgan fingerprint density at radius 2 is 2.13 bits per heavy atom. The zero-order chi connectivity index (χ0) is 16.4. The number of hydrogen-bond acceptors (Lipinski definition) is 3. The summed E-state index contributed by atoms with van der Waals surface area (Å²) in [6, 6.07) is 8.03. The molecule has 23 heavy (non-hydrogen) atoms. The van der Waals surface area contributed by atoms with Crippen molar-refractivity contribution in [1.82, 2.24) is 15.5 Å². The summed E-state index contributed by atoms with van der Waals surface area (Å²) in [5.41, 5.74) is 4.06. The molecule has 0 bridgehead atoms. The van der Waals surface area contributed by atoms with E-state index in [0.717, 1.165) is 22.5 Å². The molecular weight excluding hydrogens is 290 g/mol. The van der Waals surface area contributed by atoms with Crippen molar-refractivity contribution in [2.75, 3.05) is 0 Å². The summed E-state index contributed by atoms with van der Waals surface area (Å²) in [6.45, 7) is 5.71. The number of benzene rings is 1. The molecule has 0 spiro atoms. The Balaban J connectivity index is 1.62. The van der Waals surface area contributed by atoms with E-state index in [0.29, 0.717) is 12.8 Å². The van der Waals surface area contributed by atoms with Gasteiger partial charge in [0.1, 0.15) is 5.76 Å². The number of carbonyl (C=O) groups is 1. The molecule has 0 aliphatic rings. The molecule has 2 aromatic heterocycles. The van der Waals surface area contributed by atoms with Gasteiger partial charge in [-0.25, -0.2) is 0 Å². The number of nitrogens with one attached hydrogen (secondary N) is 2. The molecule has 5 nitrogen and oxygen atoms in total. The summed E-state index contributed by atoms with van der Waals surface area (Å²) in [5, 5.41) is 8.14. The minimum atomic E-state index is -0.100. The molecular formula is C18H21N3O2. The molecule has 120 valence electrons. The largest absolute Gasteiger partial charge is 0.361 e. The Morgan fingerprint density at radius 1 is 1.35 bits per heavy atom. The molecule has 3 rings (SSSR count). The van der Waals surface area contributed by atoms with E-state index in [1.807, 2.05) is 45.2 Å². The predicted molar refractivity (Wildman–Crippen MR) is 89.2 cm³/mol. The third-order valence-electron chi connectivity index (χ3n) is 4.20. The number of aromatic amines is 1. The molecule has 2 heterocycles. The van der Waals surface area contributed by atoms with Crippen molar-refractivity contribution in [3.05, 3.63) is 53.0 Å². The van der Waals surface area contributed by atoms with Crippen molar-refractivity contribution < 1.29 is 9.32 Å². The number of amides is 1. The highest BCUT2D eigenvalue weighted by Crippen LogP contribution is 2.22. The second-order valence-electron chi connectivity index (χ2n) is 5.89. The van der Waals surface area contributed by atoms with Crippen LogP contribution in [-0.4, -0.2) is 16.0 Å². The first kappa shape index (κ1) is 15.3. The van der Waals surface area contributed by atoms with Crippen LogP contribution in [0.2, 0.25) is 0 Å². The van der Waals surface area contributed by atoms with Crippen LogP contribution in [0, 0.1) is 13.8 Å². The van der Waals surface area contributed by atoms with E-state index in [1.165, 1.54) is 10.9 Å². The number of rotatable bonds is 5. The number of aryl methyl sites for hydroxylation is 3. The molecule has 1 aromatic carbocycles. The molecule has 1 unspecified atom stereocenters. The smallest absolute Gasteiger partial charge is 0.220 e. The molecule has 0 aliphatic heterocycles. The molecule has 0 fully saturated rings. The fraction of sp³-hybridized carbons (Fsp3) is 0.333. The lowest BCUT2D eigenvalue weighted by molar-refractivity contribution is -0.121. The van der Waals surface area contributed by atoms with E-state index >= 15 is 0 Å². The van der Waals surface area contributed by atoms with E-state index < -0.39 is 0 Å². The van der Waals surface area contributed by atoms with Gasteiger partial charge >= 0.3 is 0 Å². The highest BCUT2D eigenvalue weighted by atomic mass is 16.5. The van der Waals surface area contributed by atoms with Crippen molar-refractivity contribution in [1.29, 1.82) is 0 Å². The van der Waals surface area contributed by atoms with E-state index in [9.17, 15) is 4.79 Å².